The Hall–Kier alpha value is -1.98. The van der Waals surface area contributed by atoms with Crippen LogP contribution in [0.1, 0.15) is 25.7 Å². The number of benzene rings is 2. The number of carbonyl (C=O) groups excluding carboxylic acids is 1. The summed E-state index contributed by atoms with van der Waals surface area (Å²) in [5.74, 6) is 1.36. The Balaban J connectivity index is 1.66. The lowest BCUT2D eigenvalue weighted by molar-refractivity contribution is -0.119. The predicted molar refractivity (Wildman–Crippen MR) is 104 cm³/mol. The second-order valence-electron chi connectivity index (χ2n) is 6.17. The van der Waals surface area contributed by atoms with E-state index in [1.165, 1.54) is 11.8 Å². The molecule has 130 valence electrons. The molecule has 1 atom stereocenters. The second kappa shape index (κ2) is 7.93. The molecule has 0 saturated heterocycles. The number of amides is 1. The summed E-state index contributed by atoms with van der Waals surface area (Å²) >= 11 is 7.37. The molecule has 3 rings (SSSR count). The SMILES string of the molecule is CC(C)C(NC(=O)CSc1ccc(Cl)cc1)c1nc2ccccc2[nH]1. The molecule has 0 aliphatic carbocycles. The Morgan fingerprint density at radius 2 is 1.92 bits per heavy atom. The first-order chi connectivity index (χ1) is 12.0. The molecule has 1 amide bonds. The van der Waals surface area contributed by atoms with Gasteiger partial charge in [-0.15, -0.1) is 11.8 Å². The zero-order valence-corrected chi connectivity index (χ0v) is 15.7. The van der Waals surface area contributed by atoms with Crippen molar-refractivity contribution >= 4 is 40.3 Å². The molecule has 1 aromatic heterocycles. The summed E-state index contributed by atoms with van der Waals surface area (Å²) in [5.41, 5.74) is 1.89. The third kappa shape index (κ3) is 4.55. The van der Waals surface area contributed by atoms with Crippen LogP contribution in [0.5, 0.6) is 0 Å². The molecule has 0 bridgehead atoms. The highest BCUT2D eigenvalue weighted by atomic mass is 35.5. The minimum atomic E-state index is -0.147. The zero-order valence-electron chi connectivity index (χ0n) is 14.1. The number of imidazole rings is 1. The number of fused-ring (bicyclic) bond motifs is 1. The number of hydrogen-bond donors (Lipinski definition) is 2. The largest absolute Gasteiger partial charge is 0.345 e. The summed E-state index contributed by atoms with van der Waals surface area (Å²) in [4.78, 5) is 21.3. The van der Waals surface area contributed by atoms with E-state index in [9.17, 15) is 4.79 Å². The summed E-state index contributed by atoms with van der Waals surface area (Å²) < 4.78 is 0. The Bertz CT molecular complexity index is 827. The lowest BCUT2D eigenvalue weighted by atomic mass is 10.0. The van der Waals surface area contributed by atoms with Crippen LogP contribution in [0.25, 0.3) is 11.0 Å². The third-order valence-corrected chi connectivity index (χ3v) is 5.13. The number of nitrogens with one attached hydrogen (secondary N) is 2. The summed E-state index contributed by atoms with van der Waals surface area (Å²) in [6.07, 6.45) is 0. The van der Waals surface area contributed by atoms with E-state index in [2.05, 4.69) is 29.1 Å². The maximum Gasteiger partial charge on any atom is 0.230 e. The van der Waals surface area contributed by atoms with Crippen LogP contribution >= 0.6 is 23.4 Å². The molecule has 0 fully saturated rings. The molecule has 6 heteroatoms. The van der Waals surface area contributed by atoms with Crippen LogP contribution in [0.15, 0.2) is 53.4 Å². The van der Waals surface area contributed by atoms with Crippen molar-refractivity contribution in [2.24, 2.45) is 5.92 Å². The molecule has 0 aliphatic heterocycles. The smallest absolute Gasteiger partial charge is 0.230 e. The average molecular weight is 374 g/mol. The molecule has 0 spiro atoms. The molecule has 1 heterocycles. The van der Waals surface area contributed by atoms with Gasteiger partial charge in [-0.3, -0.25) is 4.79 Å². The highest BCUT2D eigenvalue weighted by Gasteiger charge is 2.21. The predicted octanol–water partition coefficient (Wildman–Crippen LogP) is 4.82. The van der Waals surface area contributed by atoms with Crippen molar-refractivity contribution in [3.05, 3.63) is 59.4 Å². The first kappa shape index (κ1) is 17.8. The number of halogens is 1. The van der Waals surface area contributed by atoms with Gasteiger partial charge in [-0.1, -0.05) is 37.6 Å². The van der Waals surface area contributed by atoms with Gasteiger partial charge < -0.3 is 10.3 Å². The number of carbonyl (C=O) groups is 1. The number of para-hydroxylation sites is 2. The molecule has 25 heavy (non-hydrogen) atoms. The Morgan fingerprint density at radius 3 is 2.60 bits per heavy atom. The molecule has 4 nitrogen and oxygen atoms in total. The number of hydrogen-bond acceptors (Lipinski definition) is 3. The van der Waals surface area contributed by atoms with Crippen molar-refractivity contribution in [3.8, 4) is 0 Å². The van der Waals surface area contributed by atoms with Gasteiger partial charge in [0, 0.05) is 9.92 Å². The van der Waals surface area contributed by atoms with Crippen molar-refractivity contribution in [2.45, 2.75) is 24.8 Å². The maximum atomic E-state index is 12.4. The average Bonchev–Trinajstić information content (AvgIpc) is 3.02. The fraction of sp³-hybridized carbons (Fsp3) is 0.263. The molecule has 0 radical (unpaired) electrons. The maximum absolute atomic E-state index is 12.4. The number of aromatic amines is 1. The number of aromatic nitrogens is 2. The van der Waals surface area contributed by atoms with E-state index in [0.29, 0.717) is 10.8 Å². The highest BCUT2D eigenvalue weighted by molar-refractivity contribution is 8.00. The first-order valence-electron chi connectivity index (χ1n) is 8.15. The number of rotatable bonds is 6. The summed E-state index contributed by atoms with van der Waals surface area (Å²) in [6.45, 7) is 4.15. The van der Waals surface area contributed by atoms with Gasteiger partial charge in [-0.25, -0.2) is 4.98 Å². The van der Waals surface area contributed by atoms with Gasteiger partial charge in [0.25, 0.3) is 0 Å². The van der Waals surface area contributed by atoms with Crippen molar-refractivity contribution in [3.63, 3.8) is 0 Å². The lowest BCUT2D eigenvalue weighted by Crippen LogP contribution is -2.33. The number of H-pyrrole nitrogens is 1. The molecule has 0 aliphatic rings. The summed E-state index contributed by atoms with van der Waals surface area (Å²) in [6, 6.07) is 15.2. The van der Waals surface area contributed by atoms with E-state index in [1.807, 2.05) is 48.5 Å². The van der Waals surface area contributed by atoms with Crippen LogP contribution < -0.4 is 5.32 Å². The number of thioether (sulfide) groups is 1. The molecule has 3 aromatic rings. The van der Waals surface area contributed by atoms with Gasteiger partial charge >= 0.3 is 0 Å². The standard InChI is InChI=1S/C19H20ClN3OS/c1-12(2)18(19-21-15-5-3-4-6-16(15)22-19)23-17(24)11-25-14-9-7-13(20)8-10-14/h3-10,12,18H,11H2,1-2H3,(H,21,22)(H,23,24). The number of nitrogens with zero attached hydrogens (tertiary/aromatic N) is 1. The van der Waals surface area contributed by atoms with Crippen LogP contribution in [0.4, 0.5) is 0 Å². The van der Waals surface area contributed by atoms with E-state index in [1.54, 1.807) is 0 Å². The zero-order chi connectivity index (χ0) is 17.8. The highest BCUT2D eigenvalue weighted by Crippen LogP contribution is 2.24. The summed E-state index contributed by atoms with van der Waals surface area (Å²) in [7, 11) is 0. The third-order valence-electron chi connectivity index (χ3n) is 3.87. The van der Waals surface area contributed by atoms with E-state index in [-0.39, 0.29) is 17.9 Å². The van der Waals surface area contributed by atoms with Gasteiger partial charge in [-0.2, -0.15) is 0 Å². The van der Waals surface area contributed by atoms with E-state index < -0.39 is 0 Å². The van der Waals surface area contributed by atoms with Crippen molar-refractivity contribution < 1.29 is 4.79 Å². The molecule has 1 unspecified atom stereocenters. The minimum absolute atomic E-state index is 0.0147. The second-order valence-corrected chi connectivity index (χ2v) is 7.66. The van der Waals surface area contributed by atoms with Crippen LogP contribution in [0, 0.1) is 5.92 Å². The van der Waals surface area contributed by atoms with Crippen molar-refractivity contribution in [1.82, 2.24) is 15.3 Å². The topological polar surface area (TPSA) is 57.8 Å². The van der Waals surface area contributed by atoms with E-state index in [4.69, 9.17) is 11.6 Å². The van der Waals surface area contributed by atoms with Gasteiger partial charge in [0.1, 0.15) is 5.82 Å². The molecular weight excluding hydrogens is 354 g/mol. The normalized spacial score (nSPS) is 12.5. The fourth-order valence-corrected chi connectivity index (χ4v) is 3.40. The minimum Gasteiger partial charge on any atom is -0.345 e. The van der Waals surface area contributed by atoms with Gasteiger partial charge in [0.2, 0.25) is 5.91 Å². The molecule has 2 N–H and O–H groups in total. The van der Waals surface area contributed by atoms with Crippen LogP contribution in [-0.2, 0) is 4.79 Å². The van der Waals surface area contributed by atoms with Gasteiger partial charge in [0.05, 0.1) is 22.8 Å². The van der Waals surface area contributed by atoms with Crippen LogP contribution in [0.2, 0.25) is 5.02 Å². The fourth-order valence-electron chi connectivity index (χ4n) is 2.57. The monoisotopic (exact) mass is 373 g/mol. The van der Waals surface area contributed by atoms with E-state index >= 15 is 0 Å². The molecule has 0 saturated carbocycles. The molecule has 2 aromatic carbocycles. The van der Waals surface area contributed by atoms with Crippen molar-refractivity contribution in [1.29, 1.82) is 0 Å². The Morgan fingerprint density at radius 1 is 1.20 bits per heavy atom. The van der Waals surface area contributed by atoms with Gasteiger partial charge in [-0.05, 0) is 42.3 Å². The quantitative estimate of drug-likeness (QED) is 0.609. The molecular formula is C19H20ClN3OS. The van der Waals surface area contributed by atoms with E-state index in [0.717, 1.165) is 21.8 Å². The van der Waals surface area contributed by atoms with Crippen molar-refractivity contribution in [2.75, 3.05) is 5.75 Å². The Kier molecular flexibility index (Phi) is 5.66. The van der Waals surface area contributed by atoms with Crippen LogP contribution in [-0.4, -0.2) is 21.6 Å². The summed E-state index contributed by atoms with van der Waals surface area (Å²) in [5, 5.41) is 3.79. The first-order valence-corrected chi connectivity index (χ1v) is 9.51. The van der Waals surface area contributed by atoms with Gasteiger partial charge in [0.15, 0.2) is 0 Å². The Labute approximate surface area is 156 Å². The lowest BCUT2D eigenvalue weighted by Gasteiger charge is -2.20. The van der Waals surface area contributed by atoms with Crippen LogP contribution in [0.3, 0.4) is 0 Å².